The molecule has 0 N–H and O–H groups in total. The average Bonchev–Trinajstić information content (AvgIpc) is 2.63. The van der Waals surface area contributed by atoms with E-state index in [0.717, 1.165) is 0 Å². The molecule has 0 saturated carbocycles. The number of hydrogen-bond donors (Lipinski definition) is 0. The summed E-state index contributed by atoms with van der Waals surface area (Å²) in [5, 5.41) is 0. The van der Waals surface area contributed by atoms with Gasteiger partial charge in [-0.1, -0.05) is 34.5 Å². The number of carbonyl (C=O) groups is 3. The summed E-state index contributed by atoms with van der Waals surface area (Å²) in [6.07, 6.45) is 0.250. The van der Waals surface area contributed by atoms with Crippen molar-refractivity contribution in [3.05, 3.63) is 0 Å². The Morgan fingerprint density at radius 1 is 1.25 bits per heavy atom. The van der Waals surface area contributed by atoms with Crippen LogP contribution in [0.2, 0.25) is 6.82 Å². The van der Waals surface area contributed by atoms with Crippen LogP contribution < -0.4 is 0 Å². The fraction of sp³-hybridized carbons (Fsp3) is 0.800. The highest BCUT2D eigenvalue weighted by atomic mass is 16.2. The molecule has 0 spiro atoms. The van der Waals surface area contributed by atoms with E-state index < -0.39 is 11.0 Å². The summed E-state index contributed by atoms with van der Waals surface area (Å²) in [6, 6.07) is 0. The lowest BCUT2D eigenvalue weighted by Crippen LogP contribution is -2.60. The second-order valence-corrected chi connectivity index (χ2v) is 6.96. The Morgan fingerprint density at radius 2 is 1.75 bits per heavy atom. The van der Waals surface area contributed by atoms with Crippen molar-refractivity contribution < 1.29 is 14.4 Å². The molecule has 1 unspecified atom stereocenters. The zero-order valence-electron chi connectivity index (χ0n) is 13.6. The lowest BCUT2D eigenvalue weighted by molar-refractivity contribution is -0.152. The van der Waals surface area contributed by atoms with Gasteiger partial charge in [0.15, 0.2) is 7.28 Å². The Hall–Kier alpha value is -1.13. The van der Waals surface area contributed by atoms with Gasteiger partial charge < -0.3 is 4.79 Å². The highest BCUT2D eigenvalue weighted by Gasteiger charge is 2.54. The summed E-state index contributed by atoms with van der Waals surface area (Å²) in [7, 11) is 1.51. The quantitative estimate of drug-likeness (QED) is 0.571. The minimum Gasteiger partial charge on any atom is -0.311 e. The van der Waals surface area contributed by atoms with Crippen molar-refractivity contribution in [2.75, 3.05) is 0 Å². The molecule has 1 aliphatic heterocycles. The second kappa shape index (κ2) is 5.34. The molecule has 5 heteroatoms. The Labute approximate surface area is 122 Å². The number of likely N-dealkylation sites (tertiary alicyclic amines) is 1. The Kier molecular flexibility index (Phi) is 4.52. The number of hydrogen-bond acceptors (Lipinski definition) is 3. The number of carbonyl (C=O) groups excluding carboxylic acids is 3. The highest BCUT2D eigenvalue weighted by molar-refractivity contribution is 6.73. The topological polar surface area (TPSA) is 54.5 Å². The van der Waals surface area contributed by atoms with Gasteiger partial charge in [0.05, 0.1) is 11.2 Å². The minimum atomic E-state index is -0.839. The first-order chi connectivity index (χ1) is 8.98. The van der Waals surface area contributed by atoms with Crippen LogP contribution in [0.15, 0.2) is 0 Å². The molecule has 111 valence electrons. The summed E-state index contributed by atoms with van der Waals surface area (Å²) in [6.45, 7) is 12.8. The van der Waals surface area contributed by atoms with E-state index in [0.29, 0.717) is 0 Å². The van der Waals surface area contributed by atoms with E-state index in [1.54, 1.807) is 34.5 Å². The summed E-state index contributed by atoms with van der Waals surface area (Å²) in [5.74, 6) is -0.454. The first-order valence-corrected chi connectivity index (χ1v) is 7.19. The molecule has 0 aliphatic carbocycles. The monoisotopic (exact) mass is 278 g/mol. The van der Waals surface area contributed by atoms with Gasteiger partial charge >= 0.3 is 0 Å². The maximum atomic E-state index is 12.5. The van der Waals surface area contributed by atoms with E-state index >= 15 is 0 Å². The van der Waals surface area contributed by atoms with Crippen molar-refractivity contribution in [2.45, 2.75) is 60.3 Å². The van der Waals surface area contributed by atoms with Gasteiger partial charge in [-0.15, -0.1) is 0 Å². The maximum absolute atomic E-state index is 12.5. The summed E-state index contributed by atoms with van der Waals surface area (Å²) in [5.41, 5.74) is -1.70. The second-order valence-electron chi connectivity index (χ2n) is 6.96. The number of imide groups is 1. The van der Waals surface area contributed by atoms with Gasteiger partial charge in [0.1, 0.15) is 0 Å². The third-order valence-electron chi connectivity index (χ3n) is 4.95. The van der Waals surface area contributed by atoms with Crippen LogP contribution in [-0.4, -0.2) is 35.2 Å². The predicted octanol–water partition coefficient (Wildman–Crippen LogP) is 2.10. The molecule has 0 aromatic heterocycles. The van der Waals surface area contributed by atoms with Gasteiger partial charge in [0.2, 0.25) is 11.8 Å². The summed E-state index contributed by atoms with van der Waals surface area (Å²) >= 11 is 0. The molecular formula is C15H25BNO3. The van der Waals surface area contributed by atoms with Crippen LogP contribution in [0.5, 0.6) is 0 Å². The molecule has 4 nitrogen and oxygen atoms in total. The third kappa shape index (κ3) is 2.43. The Balaban J connectivity index is 3.19. The van der Waals surface area contributed by atoms with Crippen LogP contribution >= 0.6 is 0 Å². The molecule has 1 fully saturated rings. The van der Waals surface area contributed by atoms with E-state index in [2.05, 4.69) is 0 Å². The molecule has 1 heterocycles. The zero-order valence-corrected chi connectivity index (χ0v) is 13.6. The molecule has 1 aliphatic rings. The summed E-state index contributed by atoms with van der Waals surface area (Å²) < 4.78 is 0. The lowest BCUT2D eigenvalue weighted by Gasteiger charge is -2.46. The van der Waals surface area contributed by atoms with E-state index in [1.807, 2.05) is 13.8 Å². The molecule has 2 amide bonds. The van der Waals surface area contributed by atoms with E-state index in [4.69, 9.17) is 0 Å². The Morgan fingerprint density at radius 3 is 2.10 bits per heavy atom. The average molecular weight is 278 g/mol. The van der Waals surface area contributed by atoms with Gasteiger partial charge in [-0.25, -0.2) is 0 Å². The van der Waals surface area contributed by atoms with Crippen molar-refractivity contribution in [1.82, 2.24) is 4.90 Å². The molecule has 1 radical (unpaired) electrons. The van der Waals surface area contributed by atoms with Crippen LogP contribution in [0.4, 0.5) is 0 Å². The standard InChI is InChI=1S/C15H25BNO3/c1-9(2)10-8-11(18)17(12(10)19)15(5,6)14(3,4)13(20)16-7/h9-10H,8H2,1-7H3. The van der Waals surface area contributed by atoms with Crippen molar-refractivity contribution in [3.63, 3.8) is 0 Å². The van der Waals surface area contributed by atoms with Crippen molar-refractivity contribution in [3.8, 4) is 0 Å². The van der Waals surface area contributed by atoms with Crippen LogP contribution in [0.25, 0.3) is 0 Å². The van der Waals surface area contributed by atoms with Crippen molar-refractivity contribution in [1.29, 1.82) is 0 Å². The molecule has 1 saturated heterocycles. The summed E-state index contributed by atoms with van der Waals surface area (Å²) in [4.78, 5) is 38.3. The SMILES string of the molecule is C[B]C(=O)C(C)(C)C(C)(C)N1C(=O)CC(C(C)C)C1=O. The third-order valence-corrected chi connectivity index (χ3v) is 4.95. The Bertz CT molecular complexity index is 440. The largest absolute Gasteiger partial charge is 0.311 e. The number of rotatable bonds is 5. The smallest absolute Gasteiger partial charge is 0.233 e. The molecule has 1 atom stereocenters. The predicted molar refractivity (Wildman–Crippen MR) is 79.3 cm³/mol. The van der Waals surface area contributed by atoms with Gasteiger partial charge in [0.25, 0.3) is 0 Å². The van der Waals surface area contributed by atoms with Crippen LogP contribution in [0, 0.1) is 17.3 Å². The van der Waals surface area contributed by atoms with Crippen molar-refractivity contribution >= 4 is 24.8 Å². The van der Waals surface area contributed by atoms with E-state index in [-0.39, 0.29) is 35.8 Å². The molecule has 0 bridgehead atoms. The van der Waals surface area contributed by atoms with Gasteiger partial charge in [-0.3, -0.25) is 14.5 Å². The zero-order chi connectivity index (χ0) is 15.9. The highest BCUT2D eigenvalue weighted by Crippen LogP contribution is 2.41. The number of amides is 2. The molecular weight excluding hydrogens is 253 g/mol. The fourth-order valence-corrected chi connectivity index (χ4v) is 2.71. The fourth-order valence-electron chi connectivity index (χ4n) is 2.71. The van der Waals surface area contributed by atoms with Gasteiger partial charge in [-0.05, 0) is 19.8 Å². The van der Waals surface area contributed by atoms with Crippen molar-refractivity contribution in [2.24, 2.45) is 17.3 Å². The van der Waals surface area contributed by atoms with Gasteiger partial charge in [-0.2, -0.15) is 0 Å². The first-order valence-electron chi connectivity index (χ1n) is 7.19. The van der Waals surface area contributed by atoms with Crippen LogP contribution in [0.3, 0.4) is 0 Å². The maximum Gasteiger partial charge on any atom is 0.233 e. The number of nitrogens with zero attached hydrogens (tertiary/aromatic N) is 1. The van der Waals surface area contributed by atoms with Crippen LogP contribution in [0.1, 0.15) is 48.0 Å². The van der Waals surface area contributed by atoms with Crippen LogP contribution in [-0.2, 0) is 14.4 Å². The minimum absolute atomic E-state index is 0.0592. The molecule has 20 heavy (non-hydrogen) atoms. The lowest BCUT2D eigenvalue weighted by atomic mass is 9.57. The first kappa shape index (κ1) is 16.9. The van der Waals surface area contributed by atoms with E-state index in [9.17, 15) is 14.4 Å². The molecule has 0 aromatic carbocycles. The molecule has 1 rings (SSSR count). The van der Waals surface area contributed by atoms with Gasteiger partial charge in [0, 0.05) is 17.8 Å². The normalized spacial score (nSPS) is 20.8. The molecule has 0 aromatic rings. The van der Waals surface area contributed by atoms with E-state index in [1.165, 1.54) is 12.2 Å².